The first-order chi connectivity index (χ1) is 11.5. The number of carbonyl (C=O) groups excluding carboxylic acids is 1. The number of hydrogen-bond donors (Lipinski definition) is 1. The molecule has 0 aliphatic heterocycles. The molecule has 1 amide bonds. The number of aliphatic hydroxyl groups is 1. The fraction of sp³-hybridized carbons (Fsp3) is 0.368. The third-order valence-corrected chi connectivity index (χ3v) is 4.12. The minimum absolute atomic E-state index is 0.00148. The molecular weight excluding hydrogens is 302 g/mol. The van der Waals surface area contributed by atoms with Gasteiger partial charge in [0, 0.05) is 19.5 Å². The van der Waals surface area contributed by atoms with Crippen molar-refractivity contribution in [2.24, 2.45) is 0 Å². The Morgan fingerprint density at radius 2 is 1.88 bits per heavy atom. The number of fused-ring (bicyclic) bond motifs is 1. The second-order valence-corrected chi connectivity index (χ2v) is 5.89. The second-order valence-electron chi connectivity index (χ2n) is 5.89. The van der Waals surface area contributed by atoms with Crippen molar-refractivity contribution in [3.8, 4) is 0 Å². The van der Waals surface area contributed by atoms with Crippen LogP contribution < -0.4 is 0 Å². The maximum absolute atomic E-state index is 12.7. The Balaban J connectivity index is 2.43. The molecule has 5 nitrogen and oxygen atoms in total. The molecule has 1 aromatic heterocycles. The first-order valence-electron chi connectivity index (χ1n) is 8.08. The molecule has 0 aliphatic carbocycles. The molecule has 1 aromatic carbocycles. The topological polar surface area (TPSA) is 58.4 Å². The van der Waals surface area contributed by atoms with Crippen LogP contribution in [0.5, 0.6) is 0 Å². The smallest absolute Gasteiger partial charge is 0.243 e. The molecule has 0 fully saturated rings. The highest BCUT2D eigenvalue weighted by atomic mass is 16.3. The molecule has 0 saturated heterocycles. The third kappa shape index (κ3) is 3.74. The van der Waals surface area contributed by atoms with Gasteiger partial charge in [-0.3, -0.25) is 4.79 Å². The van der Waals surface area contributed by atoms with Crippen molar-refractivity contribution >= 4 is 16.9 Å². The molecule has 24 heavy (non-hydrogen) atoms. The fourth-order valence-corrected chi connectivity index (χ4v) is 2.72. The molecule has 2 aromatic rings. The minimum atomic E-state index is -0.0217. The molecule has 0 aliphatic rings. The summed E-state index contributed by atoms with van der Waals surface area (Å²) in [4.78, 5) is 19.0. The molecule has 0 spiro atoms. The van der Waals surface area contributed by atoms with Crippen LogP contribution in [0.15, 0.2) is 37.4 Å². The molecule has 0 bridgehead atoms. The summed E-state index contributed by atoms with van der Waals surface area (Å²) in [6, 6.07) is 4.08. The van der Waals surface area contributed by atoms with Crippen molar-refractivity contribution in [3.63, 3.8) is 0 Å². The highest BCUT2D eigenvalue weighted by Crippen LogP contribution is 2.21. The summed E-state index contributed by atoms with van der Waals surface area (Å²) >= 11 is 0. The van der Waals surface area contributed by atoms with Gasteiger partial charge in [-0.05, 0) is 37.1 Å². The normalized spacial score (nSPS) is 10.8. The van der Waals surface area contributed by atoms with Crippen LogP contribution in [-0.2, 0) is 17.8 Å². The predicted molar refractivity (Wildman–Crippen MR) is 97.0 cm³/mol. The number of aromatic nitrogens is 2. The molecule has 0 radical (unpaired) electrons. The van der Waals surface area contributed by atoms with Crippen molar-refractivity contribution < 1.29 is 9.90 Å². The first kappa shape index (κ1) is 17.9. The average molecular weight is 327 g/mol. The van der Waals surface area contributed by atoms with Crippen LogP contribution in [0.3, 0.4) is 0 Å². The number of amides is 1. The maximum atomic E-state index is 12.7. The van der Waals surface area contributed by atoms with Gasteiger partial charge in [0.2, 0.25) is 5.91 Å². The van der Waals surface area contributed by atoms with E-state index in [4.69, 9.17) is 0 Å². The van der Waals surface area contributed by atoms with Crippen molar-refractivity contribution in [1.29, 1.82) is 0 Å². The number of nitrogens with zero attached hydrogens (tertiary/aromatic N) is 3. The molecule has 0 unspecified atom stereocenters. The van der Waals surface area contributed by atoms with E-state index in [1.807, 2.05) is 24.5 Å². The van der Waals surface area contributed by atoms with Gasteiger partial charge in [-0.1, -0.05) is 12.2 Å². The number of aryl methyl sites for hydroxylation is 2. The molecule has 1 heterocycles. The molecule has 0 atom stereocenters. The van der Waals surface area contributed by atoms with E-state index in [9.17, 15) is 9.90 Å². The van der Waals surface area contributed by atoms with Crippen LogP contribution in [0.2, 0.25) is 0 Å². The quantitative estimate of drug-likeness (QED) is 0.757. The van der Waals surface area contributed by atoms with E-state index in [0.717, 1.165) is 28.0 Å². The largest absolute Gasteiger partial charge is 0.396 e. The standard InChI is InChI=1S/C19H25N3O2/c1-5-8-21(9-6-2)19(24)13-22-17-12-15(4)14(3)11-16(17)20-18(22)7-10-23/h5-6,11-12,23H,1-2,7-10,13H2,3-4H3. The highest BCUT2D eigenvalue weighted by Gasteiger charge is 2.17. The third-order valence-electron chi connectivity index (χ3n) is 4.12. The molecule has 1 N–H and O–H groups in total. The van der Waals surface area contributed by atoms with Gasteiger partial charge in [0.1, 0.15) is 12.4 Å². The number of aliphatic hydroxyl groups excluding tert-OH is 1. The van der Waals surface area contributed by atoms with Gasteiger partial charge < -0.3 is 14.6 Å². The van der Waals surface area contributed by atoms with Gasteiger partial charge in [-0.2, -0.15) is 0 Å². The van der Waals surface area contributed by atoms with E-state index in [0.29, 0.717) is 19.5 Å². The zero-order valence-electron chi connectivity index (χ0n) is 14.5. The van der Waals surface area contributed by atoms with Crippen LogP contribution in [0.25, 0.3) is 11.0 Å². The van der Waals surface area contributed by atoms with Crippen LogP contribution in [-0.4, -0.2) is 45.2 Å². The second kappa shape index (κ2) is 7.93. The van der Waals surface area contributed by atoms with Gasteiger partial charge >= 0.3 is 0 Å². The lowest BCUT2D eigenvalue weighted by atomic mass is 10.1. The summed E-state index contributed by atoms with van der Waals surface area (Å²) in [5.41, 5.74) is 4.09. The molecule has 2 rings (SSSR count). The summed E-state index contributed by atoms with van der Waals surface area (Å²) in [5, 5.41) is 9.32. The summed E-state index contributed by atoms with van der Waals surface area (Å²) in [7, 11) is 0. The average Bonchev–Trinajstić information content (AvgIpc) is 2.85. The van der Waals surface area contributed by atoms with Crippen LogP contribution in [0.1, 0.15) is 17.0 Å². The lowest BCUT2D eigenvalue weighted by molar-refractivity contribution is -0.130. The molecule has 5 heteroatoms. The maximum Gasteiger partial charge on any atom is 0.243 e. The number of imidazole rings is 1. The van der Waals surface area contributed by atoms with E-state index >= 15 is 0 Å². The first-order valence-corrected chi connectivity index (χ1v) is 8.08. The molecular formula is C19H25N3O2. The van der Waals surface area contributed by atoms with Crippen molar-refractivity contribution in [2.75, 3.05) is 19.7 Å². The SMILES string of the molecule is C=CCN(CC=C)C(=O)Cn1c(CCO)nc2cc(C)c(C)cc21. The lowest BCUT2D eigenvalue weighted by Gasteiger charge is -2.20. The van der Waals surface area contributed by atoms with Crippen molar-refractivity contribution in [1.82, 2.24) is 14.5 Å². The minimum Gasteiger partial charge on any atom is -0.396 e. The van der Waals surface area contributed by atoms with Crippen molar-refractivity contribution in [2.45, 2.75) is 26.8 Å². The summed E-state index contributed by atoms with van der Waals surface area (Å²) in [6.07, 6.45) is 3.83. The summed E-state index contributed by atoms with van der Waals surface area (Å²) in [5.74, 6) is 0.703. The van der Waals surface area contributed by atoms with Gasteiger partial charge in [-0.15, -0.1) is 13.2 Å². The summed E-state index contributed by atoms with van der Waals surface area (Å²) < 4.78 is 1.90. The zero-order valence-corrected chi connectivity index (χ0v) is 14.5. The Kier molecular flexibility index (Phi) is 5.93. The number of benzene rings is 1. The van der Waals surface area contributed by atoms with E-state index in [1.165, 1.54) is 0 Å². The van der Waals surface area contributed by atoms with Gasteiger partial charge in [0.15, 0.2) is 0 Å². The lowest BCUT2D eigenvalue weighted by Crippen LogP contribution is -2.34. The Bertz CT molecular complexity index is 752. The Morgan fingerprint density at radius 3 is 2.46 bits per heavy atom. The van der Waals surface area contributed by atoms with E-state index in [1.54, 1.807) is 17.1 Å². The molecule has 0 saturated carbocycles. The molecule has 128 valence electrons. The van der Waals surface area contributed by atoms with Gasteiger partial charge in [-0.25, -0.2) is 4.98 Å². The van der Waals surface area contributed by atoms with Gasteiger partial charge in [0.05, 0.1) is 17.6 Å². The van der Waals surface area contributed by atoms with E-state index in [2.05, 4.69) is 24.2 Å². The van der Waals surface area contributed by atoms with Gasteiger partial charge in [0.25, 0.3) is 0 Å². The van der Waals surface area contributed by atoms with Crippen LogP contribution in [0, 0.1) is 13.8 Å². The monoisotopic (exact) mass is 327 g/mol. The van der Waals surface area contributed by atoms with E-state index < -0.39 is 0 Å². The van der Waals surface area contributed by atoms with E-state index in [-0.39, 0.29) is 19.1 Å². The van der Waals surface area contributed by atoms with Crippen LogP contribution >= 0.6 is 0 Å². The number of carbonyl (C=O) groups is 1. The van der Waals surface area contributed by atoms with Crippen LogP contribution in [0.4, 0.5) is 0 Å². The highest BCUT2D eigenvalue weighted by molar-refractivity contribution is 5.82. The predicted octanol–water partition coefficient (Wildman–Crippen LogP) is 2.39. The summed E-state index contributed by atoms with van der Waals surface area (Å²) in [6.45, 7) is 12.6. The zero-order chi connectivity index (χ0) is 17.7. The number of rotatable bonds is 8. The Morgan fingerprint density at radius 1 is 1.25 bits per heavy atom. The Hall–Kier alpha value is -2.40. The Labute approximate surface area is 142 Å². The fourth-order valence-electron chi connectivity index (χ4n) is 2.72. The number of hydrogen-bond acceptors (Lipinski definition) is 3. The van der Waals surface area contributed by atoms with Crippen molar-refractivity contribution in [3.05, 3.63) is 54.4 Å².